The van der Waals surface area contributed by atoms with Crippen LogP contribution >= 0.6 is 0 Å². The summed E-state index contributed by atoms with van der Waals surface area (Å²) in [6, 6.07) is 0. The predicted molar refractivity (Wildman–Crippen MR) is 378 cm³/mol. The molecule has 0 aliphatic heterocycles. The Kier molecular flexibility index (Phi) is 69.9. The van der Waals surface area contributed by atoms with Crippen molar-refractivity contribution in [1.29, 1.82) is 0 Å². The molecule has 494 valence electrons. The fraction of sp³-hybridized carbons (Fsp3) is 1.00. The number of hydrogen-bond donors (Lipinski definition) is 0. The van der Waals surface area contributed by atoms with Crippen molar-refractivity contribution >= 4 is 0 Å². The number of rotatable bonds is 75. The quantitative estimate of drug-likeness (QED) is 0.0421. The van der Waals surface area contributed by atoms with Crippen LogP contribution in [0.2, 0.25) is 0 Å². The second-order valence-electron chi connectivity index (χ2n) is 28.7. The molecule has 0 fully saturated rings. The lowest BCUT2D eigenvalue weighted by Gasteiger charge is -2.40. The summed E-state index contributed by atoms with van der Waals surface area (Å²) in [5.74, 6) is 0. The molecule has 82 heavy (non-hydrogen) atoms. The highest BCUT2D eigenvalue weighted by Crippen LogP contribution is 2.25. The molecule has 0 aromatic heterocycles. The van der Waals surface area contributed by atoms with Crippen molar-refractivity contribution < 1.29 is 8.97 Å². The minimum atomic E-state index is 1.37. The molecular weight excluding hydrogens is 989 g/mol. The number of hydrogen-bond acceptors (Lipinski definition) is 0. The van der Waals surface area contributed by atoms with Gasteiger partial charge in [-0.25, -0.2) is 0 Å². The van der Waals surface area contributed by atoms with E-state index in [1.807, 2.05) is 0 Å². The van der Waals surface area contributed by atoms with Gasteiger partial charge in [-0.1, -0.05) is 363 Å². The lowest BCUT2D eigenvalue weighted by atomic mass is 10.0. The summed E-state index contributed by atoms with van der Waals surface area (Å²) in [6.45, 7) is 26.0. The van der Waals surface area contributed by atoms with E-state index in [1.54, 1.807) is 0 Å². The van der Waals surface area contributed by atoms with Gasteiger partial charge in [-0.3, -0.25) is 0 Å². The van der Waals surface area contributed by atoms with Crippen molar-refractivity contribution in [2.24, 2.45) is 0 Å². The largest absolute Gasteiger partial charge is 0.324 e. The highest BCUT2D eigenvalue weighted by Gasteiger charge is 2.27. The molecule has 0 spiro atoms. The third-order valence-corrected chi connectivity index (χ3v) is 20.4. The Hall–Kier alpha value is -0.0800. The van der Waals surface area contributed by atoms with Gasteiger partial charge in [0.1, 0.15) is 0 Å². The van der Waals surface area contributed by atoms with Gasteiger partial charge >= 0.3 is 0 Å². The van der Waals surface area contributed by atoms with E-state index in [1.165, 1.54) is 485 Å². The minimum Gasteiger partial charge on any atom is -0.324 e. The summed E-state index contributed by atoms with van der Waals surface area (Å²) < 4.78 is 2.98. The second-order valence-corrected chi connectivity index (χ2v) is 28.7. The molecule has 0 aromatic carbocycles. The molecular formula is C80H166N2+2. The van der Waals surface area contributed by atoms with Gasteiger partial charge in [0.05, 0.1) is 52.4 Å². The van der Waals surface area contributed by atoms with E-state index in [0.29, 0.717) is 0 Å². The van der Waals surface area contributed by atoms with E-state index in [2.05, 4.69) is 41.5 Å². The van der Waals surface area contributed by atoms with Gasteiger partial charge < -0.3 is 8.97 Å². The minimum absolute atomic E-state index is 1.37. The molecule has 0 amide bonds. The van der Waals surface area contributed by atoms with E-state index < -0.39 is 0 Å². The lowest BCUT2D eigenvalue weighted by Crippen LogP contribution is -2.51. The smallest absolute Gasteiger partial charge is 0.0786 e. The maximum atomic E-state index is 2.36. The summed E-state index contributed by atoms with van der Waals surface area (Å²) in [7, 11) is 0. The first-order chi connectivity index (χ1) is 40.6. The standard InChI is InChI=1S/C80H166N2/c1-7-13-19-25-31-37-43-49-57-65-73-81(74-66-58-50-44-38-32-26-20-14-8-2,75-67-59-51-45-39-33-27-21-15-9-3)79-71-63-55-56-64-72-80-82(76-68-60-52-46-40-34-28-22-16-10-4,77-69-61-53-47-41-35-29-23-17-11-5)78-70-62-54-48-42-36-30-24-18-12-6/h7-80H2,1-6H3/q+2. The molecule has 0 aromatic rings. The van der Waals surface area contributed by atoms with Crippen LogP contribution in [0.4, 0.5) is 0 Å². The van der Waals surface area contributed by atoms with Crippen molar-refractivity contribution in [3.05, 3.63) is 0 Å². The molecule has 0 N–H and O–H groups in total. The average molecular weight is 1160 g/mol. The third-order valence-electron chi connectivity index (χ3n) is 20.4. The highest BCUT2D eigenvalue weighted by molar-refractivity contribution is 4.60. The van der Waals surface area contributed by atoms with Crippen LogP contribution in [0.5, 0.6) is 0 Å². The zero-order valence-corrected chi connectivity index (χ0v) is 59.2. The molecule has 0 saturated heterocycles. The molecule has 0 bridgehead atoms. The Morgan fingerprint density at radius 3 is 0.256 bits per heavy atom. The van der Waals surface area contributed by atoms with Gasteiger partial charge in [-0.15, -0.1) is 0 Å². The monoisotopic (exact) mass is 1160 g/mol. The van der Waals surface area contributed by atoms with Crippen LogP contribution in [0.3, 0.4) is 0 Å². The van der Waals surface area contributed by atoms with E-state index in [9.17, 15) is 0 Å². The number of nitrogens with zero attached hydrogens (tertiary/aromatic N) is 2. The van der Waals surface area contributed by atoms with Crippen LogP contribution in [0.25, 0.3) is 0 Å². The van der Waals surface area contributed by atoms with Gasteiger partial charge in [0, 0.05) is 0 Å². The average Bonchev–Trinajstić information content (AvgIpc) is 3.58. The van der Waals surface area contributed by atoms with Gasteiger partial charge in [-0.05, 0) is 103 Å². The van der Waals surface area contributed by atoms with E-state index >= 15 is 0 Å². The molecule has 0 aliphatic carbocycles. The molecule has 0 rings (SSSR count). The van der Waals surface area contributed by atoms with Gasteiger partial charge in [0.25, 0.3) is 0 Å². The van der Waals surface area contributed by atoms with Gasteiger partial charge in [0.15, 0.2) is 0 Å². The fourth-order valence-corrected chi connectivity index (χ4v) is 14.6. The van der Waals surface area contributed by atoms with Crippen molar-refractivity contribution in [3.8, 4) is 0 Å². The van der Waals surface area contributed by atoms with Gasteiger partial charge in [-0.2, -0.15) is 0 Å². The molecule has 0 atom stereocenters. The summed E-state index contributed by atoms with van der Waals surface area (Å²) in [5.41, 5.74) is 0. The molecule has 0 unspecified atom stereocenters. The molecule has 0 heterocycles. The Balaban J connectivity index is 5.83. The summed E-state index contributed by atoms with van der Waals surface area (Å²) in [6.07, 6.45) is 97.0. The van der Waals surface area contributed by atoms with Crippen LogP contribution in [0.15, 0.2) is 0 Å². The van der Waals surface area contributed by atoms with Crippen LogP contribution in [-0.2, 0) is 0 Å². The van der Waals surface area contributed by atoms with Crippen LogP contribution in [-0.4, -0.2) is 61.3 Å². The predicted octanol–water partition coefficient (Wildman–Crippen LogP) is 28.5. The zero-order chi connectivity index (χ0) is 59.3. The summed E-state index contributed by atoms with van der Waals surface area (Å²) >= 11 is 0. The lowest BCUT2D eigenvalue weighted by molar-refractivity contribution is -0.929. The first-order valence-corrected chi connectivity index (χ1v) is 40.3. The Labute approximate surface area is 524 Å². The second kappa shape index (κ2) is 70.0. The van der Waals surface area contributed by atoms with Crippen molar-refractivity contribution in [2.45, 2.75) is 465 Å². The zero-order valence-electron chi connectivity index (χ0n) is 59.2. The molecule has 0 saturated carbocycles. The first-order valence-electron chi connectivity index (χ1n) is 40.3. The van der Waals surface area contributed by atoms with E-state index in [4.69, 9.17) is 0 Å². The Morgan fingerprint density at radius 2 is 0.171 bits per heavy atom. The molecule has 0 aliphatic rings. The number of unbranched alkanes of at least 4 members (excludes halogenated alkanes) is 59. The van der Waals surface area contributed by atoms with Crippen molar-refractivity contribution in [1.82, 2.24) is 0 Å². The van der Waals surface area contributed by atoms with Crippen LogP contribution in [0, 0.1) is 0 Å². The van der Waals surface area contributed by atoms with Crippen LogP contribution in [0.1, 0.15) is 465 Å². The number of quaternary nitrogens is 2. The van der Waals surface area contributed by atoms with Gasteiger partial charge in [0.2, 0.25) is 0 Å². The van der Waals surface area contributed by atoms with E-state index in [-0.39, 0.29) is 0 Å². The van der Waals surface area contributed by atoms with Crippen molar-refractivity contribution in [2.75, 3.05) is 52.4 Å². The normalized spacial score (nSPS) is 12.2. The SMILES string of the molecule is CCCCCCCCCCCC[N+](CCCCCCCCCCCC)(CCCCCCCCCCCC)CCCCCCCC[N+](CCCCCCCCCCCC)(CCCCCCCCCCCC)CCCCCCCCCCCC. The Bertz CT molecular complexity index is 909. The van der Waals surface area contributed by atoms with Crippen LogP contribution < -0.4 is 0 Å². The topological polar surface area (TPSA) is 0 Å². The van der Waals surface area contributed by atoms with E-state index in [0.717, 1.165) is 0 Å². The summed E-state index contributed by atoms with van der Waals surface area (Å²) in [5, 5.41) is 0. The molecule has 2 heteroatoms. The Morgan fingerprint density at radius 1 is 0.0976 bits per heavy atom. The summed E-state index contributed by atoms with van der Waals surface area (Å²) in [4.78, 5) is 0. The maximum Gasteiger partial charge on any atom is 0.0786 e. The third kappa shape index (κ3) is 60.2. The maximum absolute atomic E-state index is 2.36. The molecule has 2 nitrogen and oxygen atoms in total. The molecule has 0 radical (unpaired) electrons. The fourth-order valence-electron chi connectivity index (χ4n) is 14.6. The van der Waals surface area contributed by atoms with Crippen molar-refractivity contribution in [3.63, 3.8) is 0 Å². The first kappa shape index (κ1) is 81.9. The highest BCUT2D eigenvalue weighted by atomic mass is 15.4.